The molecule has 0 fully saturated rings. The monoisotopic (exact) mass is 497 g/mol. The van der Waals surface area contributed by atoms with Gasteiger partial charge in [-0.3, -0.25) is 4.79 Å². The van der Waals surface area contributed by atoms with E-state index in [1.807, 2.05) is 79.0 Å². The number of carbonyl (C=O) groups is 2. The van der Waals surface area contributed by atoms with Crippen molar-refractivity contribution in [3.05, 3.63) is 101 Å². The fourth-order valence-electron chi connectivity index (χ4n) is 4.54. The van der Waals surface area contributed by atoms with Gasteiger partial charge in [0.05, 0.1) is 0 Å². The number of hydrogen-bond acceptors (Lipinski definition) is 3. The summed E-state index contributed by atoms with van der Waals surface area (Å²) in [5.41, 5.74) is 5.76. The summed E-state index contributed by atoms with van der Waals surface area (Å²) in [6.07, 6.45) is 1.57. The van der Waals surface area contributed by atoms with Crippen molar-refractivity contribution in [1.82, 2.24) is 10.3 Å². The summed E-state index contributed by atoms with van der Waals surface area (Å²) < 4.78 is 5.45. The predicted octanol–water partition coefficient (Wildman–Crippen LogP) is 6.89. The fraction of sp³-hybridized carbons (Fsp3) is 0.290. The van der Waals surface area contributed by atoms with Crippen LogP contribution in [0.1, 0.15) is 61.8 Å². The van der Waals surface area contributed by atoms with Crippen molar-refractivity contribution < 1.29 is 14.3 Å². The van der Waals surface area contributed by atoms with E-state index in [0.29, 0.717) is 6.42 Å². The molecule has 0 saturated heterocycles. The molecule has 0 spiro atoms. The molecule has 1 heterocycles. The molecule has 1 aromatic heterocycles. The Kier molecular flexibility index (Phi) is 8.29. The summed E-state index contributed by atoms with van der Waals surface area (Å²) in [5, 5.41) is 7.00. The number of alkyl carbamates (subject to hydrolysis) is 1. The maximum absolute atomic E-state index is 13.7. The molecule has 0 aliphatic carbocycles. The lowest BCUT2D eigenvalue weighted by Gasteiger charge is -2.23. The Hall–Kier alpha value is -4.06. The Morgan fingerprint density at radius 3 is 2.16 bits per heavy atom. The van der Waals surface area contributed by atoms with Crippen LogP contribution in [0.4, 0.5) is 10.5 Å². The van der Waals surface area contributed by atoms with E-state index in [1.165, 1.54) is 0 Å². The van der Waals surface area contributed by atoms with Crippen LogP contribution in [0, 0.1) is 0 Å². The third-order valence-electron chi connectivity index (χ3n) is 6.54. The third kappa shape index (κ3) is 6.39. The van der Waals surface area contributed by atoms with E-state index in [4.69, 9.17) is 4.74 Å². The van der Waals surface area contributed by atoms with Gasteiger partial charge in [0.15, 0.2) is 0 Å². The molecule has 1 atom stereocenters. The minimum absolute atomic E-state index is 0.127. The summed E-state index contributed by atoms with van der Waals surface area (Å²) in [5.74, 6) is 0.173. The molecule has 0 unspecified atom stereocenters. The molecule has 0 aliphatic heterocycles. The number of H-pyrrole nitrogens is 1. The average molecular weight is 498 g/mol. The van der Waals surface area contributed by atoms with E-state index in [2.05, 4.69) is 43.3 Å². The maximum Gasteiger partial charge on any atom is 0.408 e. The number of aromatic amines is 1. The summed E-state index contributed by atoms with van der Waals surface area (Å²) in [6, 6.07) is 22.7. The second-order valence-corrected chi connectivity index (χ2v) is 9.93. The number of rotatable bonds is 9. The number of anilines is 1. The first-order chi connectivity index (χ1) is 17.8. The lowest BCUT2D eigenvalue weighted by Crippen LogP contribution is -2.45. The smallest absolute Gasteiger partial charge is 0.408 e. The number of hydrogen-bond donors (Lipinski definition) is 3. The van der Waals surface area contributed by atoms with Crippen molar-refractivity contribution in [3.63, 3.8) is 0 Å². The number of aromatic nitrogens is 1. The van der Waals surface area contributed by atoms with Crippen LogP contribution in [0.2, 0.25) is 0 Å². The Morgan fingerprint density at radius 2 is 1.49 bits per heavy atom. The second kappa shape index (κ2) is 11.8. The molecule has 2 amide bonds. The second-order valence-electron chi connectivity index (χ2n) is 9.93. The molecule has 0 saturated carbocycles. The van der Waals surface area contributed by atoms with Gasteiger partial charge in [-0.2, -0.15) is 0 Å². The van der Waals surface area contributed by atoms with Gasteiger partial charge in [0, 0.05) is 29.2 Å². The zero-order valence-corrected chi connectivity index (χ0v) is 21.9. The van der Waals surface area contributed by atoms with E-state index >= 15 is 0 Å². The molecule has 4 aromatic rings. The zero-order chi connectivity index (χ0) is 26.4. The largest absolute Gasteiger partial charge is 0.445 e. The summed E-state index contributed by atoms with van der Waals surface area (Å²) >= 11 is 0. The normalized spacial score (nSPS) is 12.1. The number of carbonyl (C=O) groups excluding carboxylic acids is 2. The van der Waals surface area contributed by atoms with Crippen LogP contribution in [0.15, 0.2) is 79.0 Å². The summed E-state index contributed by atoms with van der Waals surface area (Å²) in [6.45, 7) is 8.56. The van der Waals surface area contributed by atoms with Gasteiger partial charge in [0.1, 0.15) is 12.6 Å². The number of amides is 2. The Bertz CT molecular complexity index is 1330. The van der Waals surface area contributed by atoms with Crippen LogP contribution in [0.25, 0.3) is 10.9 Å². The highest BCUT2D eigenvalue weighted by molar-refractivity contribution is 5.98. The first-order valence-electron chi connectivity index (χ1n) is 12.8. The SMILES string of the molecule is CC(C)c1cccc(C(C)C)c1NC(=O)[C@H](Cc1c[nH]c2ccccc12)NC(=O)OCc1ccccc1. The van der Waals surface area contributed by atoms with Gasteiger partial charge in [0.2, 0.25) is 5.91 Å². The van der Waals surface area contributed by atoms with Crippen LogP contribution >= 0.6 is 0 Å². The van der Waals surface area contributed by atoms with Crippen LogP contribution in [0.5, 0.6) is 0 Å². The Balaban J connectivity index is 1.59. The Morgan fingerprint density at radius 1 is 0.838 bits per heavy atom. The van der Waals surface area contributed by atoms with Crippen molar-refractivity contribution in [2.45, 2.75) is 58.6 Å². The van der Waals surface area contributed by atoms with Gasteiger partial charge >= 0.3 is 6.09 Å². The molecule has 0 aliphatic rings. The van der Waals surface area contributed by atoms with Crippen LogP contribution in [0.3, 0.4) is 0 Å². The highest BCUT2D eigenvalue weighted by Gasteiger charge is 2.26. The van der Waals surface area contributed by atoms with Gasteiger partial charge < -0.3 is 20.4 Å². The standard InChI is InChI=1S/C31H35N3O3/c1-20(2)24-14-10-15-25(21(3)4)29(24)34-30(35)28(17-23-18-32-27-16-9-8-13-26(23)27)33-31(36)37-19-22-11-6-5-7-12-22/h5-16,18,20-21,28,32H,17,19H2,1-4H3,(H,33,36)(H,34,35)/t28-/m0/s1. The summed E-state index contributed by atoms with van der Waals surface area (Å²) in [4.78, 5) is 29.8. The lowest BCUT2D eigenvalue weighted by molar-refractivity contribution is -0.118. The fourth-order valence-corrected chi connectivity index (χ4v) is 4.54. The third-order valence-corrected chi connectivity index (χ3v) is 6.54. The molecule has 0 radical (unpaired) electrons. The molecule has 4 rings (SSSR count). The minimum Gasteiger partial charge on any atom is -0.445 e. The van der Waals surface area contributed by atoms with Crippen LogP contribution < -0.4 is 10.6 Å². The maximum atomic E-state index is 13.7. The molecule has 37 heavy (non-hydrogen) atoms. The van der Waals surface area contributed by atoms with E-state index in [-0.39, 0.29) is 24.3 Å². The van der Waals surface area contributed by atoms with Gasteiger partial charge in [-0.1, -0.05) is 94.4 Å². The number of benzene rings is 3. The highest BCUT2D eigenvalue weighted by atomic mass is 16.5. The van der Waals surface area contributed by atoms with Gasteiger partial charge in [-0.25, -0.2) is 4.79 Å². The molecule has 3 aromatic carbocycles. The quantitative estimate of drug-likeness (QED) is 0.235. The Labute approximate surface area is 218 Å². The topological polar surface area (TPSA) is 83.2 Å². The number of para-hydroxylation sites is 2. The number of fused-ring (bicyclic) bond motifs is 1. The van der Waals surface area contributed by atoms with Gasteiger partial charge in [-0.15, -0.1) is 0 Å². The molecular weight excluding hydrogens is 462 g/mol. The highest BCUT2D eigenvalue weighted by Crippen LogP contribution is 2.32. The zero-order valence-electron chi connectivity index (χ0n) is 21.9. The number of ether oxygens (including phenoxy) is 1. The van der Waals surface area contributed by atoms with Gasteiger partial charge in [-0.05, 0) is 40.2 Å². The van der Waals surface area contributed by atoms with E-state index in [9.17, 15) is 9.59 Å². The van der Waals surface area contributed by atoms with Crippen molar-refractivity contribution in [3.8, 4) is 0 Å². The van der Waals surface area contributed by atoms with E-state index < -0.39 is 12.1 Å². The predicted molar refractivity (Wildman–Crippen MR) is 149 cm³/mol. The minimum atomic E-state index is -0.831. The summed E-state index contributed by atoms with van der Waals surface area (Å²) in [7, 11) is 0. The van der Waals surface area contributed by atoms with Crippen molar-refractivity contribution in [1.29, 1.82) is 0 Å². The lowest BCUT2D eigenvalue weighted by atomic mass is 9.92. The van der Waals surface area contributed by atoms with Crippen LogP contribution in [-0.2, 0) is 22.6 Å². The molecule has 0 bridgehead atoms. The first-order valence-corrected chi connectivity index (χ1v) is 12.8. The van der Waals surface area contributed by atoms with Crippen molar-refractivity contribution >= 4 is 28.6 Å². The van der Waals surface area contributed by atoms with E-state index in [1.54, 1.807) is 0 Å². The van der Waals surface area contributed by atoms with Crippen molar-refractivity contribution in [2.24, 2.45) is 0 Å². The molecular formula is C31H35N3O3. The number of nitrogens with one attached hydrogen (secondary N) is 3. The molecule has 192 valence electrons. The van der Waals surface area contributed by atoms with Gasteiger partial charge in [0.25, 0.3) is 0 Å². The van der Waals surface area contributed by atoms with Crippen LogP contribution in [-0.4, -0.2) is 23.0 Å². The molecule has 3 N–H and O–H groups in total. The molecule has 6 heteroatoms. The molecule has 6 nitrogen and oxygen atoms in total. The van der Waals surface area contributed by atoms with E-state index in [0.717, 1.165) is 38.8 Å². The average Bonchev–Trinajstić information content (AvgIpc) is 3.30. The van der Waals surface area contributed by atoms with Crippen molar-refractivity contribution in [2.75, 3.05) is 5.32 Å². The first kappa shape index (κ1) is 26.0.